The van der Waals surface area contributed by atoms with Crippen LogP contribution in [0.25, 0.3) is 16.7 Å². The molecule has 0 bridgehead atoms. The van der Waals surface area contributed by atoms with Gasteiger partial charge in [0.25, 0.3) is 5.56 Å². The summed E-state index contributed by atoms with van der Waals surface area (Å²) in [6.07, 6.45) is 1.59. The molecule has 33 heavy (non-hydrogen) atoms. The minimum absolute atomic E-state index is 0.136. The molecule has 0 radical (unpaired) electrons. The van der Waals surface area contributed by atoms with E-state index in [1.54, 1.807) is 10.9 Å². The van der Waals surface area contributed by atoms with Crippen molar-refractivity contribution in [1.82, 2.24) is 24.6 Å². The van der Waals surface area contributed by atoms with E-state index in [2.05, 4.69) is 44.1 Å². The van der Waals surface area contributed by atoms with Crippen molar-refractivity contribution >= 4 is 16.7 Å². The Hall–Kier alpha value is -3.49. The van der Waals surface area contributed by atoms with Gasteiger partial charge in [0.2, 0.25) is 0 Å². The molecule has 4 aromatic rings. The number of para-hydroxylation sites is 2. The van der Waals surface area contributed by atoms with Gasteiger partial charge >= 0.3 is 0 Å². The summed E-state index contributed by atoms with van der Waals surface area (Å²) in [7, 11) is 0. The van der Waals surface area contributed by atoms with Crippen LogP contribution in [0.3, 0.4) is 0 Å². The first-order valence-corrected chi connectivity index (χ1v) is 11.4. The number of nitrogens with one attached hydrogen (secondary N) is 1. The van der Waals surface area contributed by atoms with Gasteiger partial charge in [-0.1, -0.05) is 36.4 Å². The molecule has 8 nitrogen and oxygen atoms in total. The second-order valence-corrected chi connectivity index (χ2v) is 8.70. The molecule has 0 aliphatic carbocycles. The lowest BCUT2D eigenvalue weighted by atomic mass is 9.96. The molecule has 0 amide bonds. The lowest BCUT2D eigenvalue weighted by Crippen LogP contribution is -2.47. The van der Waals surface area contributed by atoms with Crippen LogP contribution in [0.4, 0.5) is 5.69 Å². The molecule has 6 rings (SSSR count). The SMILES string of the molecule is O=c1[nH]c(C2CN(c3ccccc3CN3CCOCC3)C2)nc2c1cnn2-c1ccccc1. The molecule has 2 saturated heterocycles. The minimum atomic E-state index is -0.136. The van der Waals surface area contributed by atoms with E-state index < -0.39 is 0 Å². The normalized spacial score (nSPS) is 17.4. The van der Waals surface area contributed by atoms with Gasteiger partial charge in [0, 0.05) is 38.4 Å². The first-order valence-electron chi connectivity index (χ1n) is 11.4. The fourth-order valence-electron chi connectivity index (χ4n) is 4.69. The van der Waals surface area contributed by atoms with Crippen LogP contribution in [0.1, 0.15) is 17.3 Å². The van der Waals surface area contributed by atoms with Gasteiger partial charge < -0.3 is 14.6 Å². The van der Waals surface area contributed by atoms with Gasteiger partial charge in [0.1, 0.15) is 11.2 Å². The maximum atomic E-state index is 12.7. The first kappa shape index (κ1) is 20.1. The zero-order valence-electron chi connectivity index (χ0n) is 18.4. The van der Waals surface area contributed by atoms with Crippen molar-refractivity contribution in [2.24, 2.45) is 0 Å². The van der Waals surface area contributed by atoms with E-state index in [1.807, 2.05) is 30.3 Å². The Morgan fingerprint density at radius 3 is 2.58 bits per heavy atom. The van der Waals surface area contributed by atoms with Crippen LogP contribution in [0.5, 0.6) is 0 Å². The topological polar surface area (TPSA) is 79.3 Å². The molecule has 0 unspecified atom stereocenters. The smallest absolute Gasteiger partial charge is 0.262 e. The molecule has 0 spiro atoms. The molecule has 0 saturated carbocycles. The van der Waals surface area contributed by atoms with Gasteiger partial charge in [-0.05, 0) is 23.8 Å². The zero-order valence-corrected chi connectivity index (χ0v) is 18.4. The number of H-pyrrole nitrogens is 1. The summed E-state index contributed by atoms with van der Waals surface area (Å²) in [5, 5.41) is 4.92. The van der Waals surface area contributed by atoms with Crippen molar-refractivity contribution in [3.05, 3.63) is 82.5 Å². The van der Waals surface area contributed by atoms with E-state index in [0.717, 1.165) is 57.4 Å². The van der Waals surface area contributed by atoms with E-state index in [-0.39, 0.29) is 11.5 Å². The van der Waals surface area contributed by atoms with Gasteiger partial charge in [0.05, 0.1) is 31.0 Å². The number of fused-ring (bicyclic) bond motifs is 1. The molecule has 0 atom stereocenters. The summed E-state index contributed by atoms with van der Waals surface area (Å²) in [5.74, 6) is 0.907. The fourth-order valence-corrected chi connectivity index (χ4v) is 4.69. The van der Waals surface area contributed by atoms with Crippen LogP contribution in [0.2, 0.25) is 0 Å². The van der Waals surface area contributed by atoms with Crippen LogP contribution in [-0.2, 0) is 11.3 Å². The number of rotatable bonds is 5. The summed E-state index contributed by atoms with van der Waals surface area (Å²) in [4.78, 5) is 25.4. The molecular weight excluding hydrogens is 416 g/mol. The Morgan fingerprint density at radius 1 is 1.00 bits per heavy atom. The maximum absolute atomic E-state index is 12.7. The summed E-state index contributed by atoms with van der Waals surface area (Å²) in [6.45, 7) is 6.12. The zero-order chi connectivity index (χ0) is 22.2. The molecule has 4 heterocycles. The van der Waals surface area contributed by atoms with E-state index in [1.165, 1.54) is 11.3 Å². The minimum Gasteiger partial charge on any atom is -0.379 e. The highest BCUT2D eigenvalue weighted by molar-refractivity contribution is 5.75. The number of ether oxygens (including phenoxy) is 1. The van der Waals surface area contributed by atoms with Crippen molar-refractivity contribution in [3.63, 3.8) is 0 Å². The number of aromatic amines is 1. The van der Waals surface area contributed by atoms with Crippen LogP contribution < -0.4 is 10.5 Å². The van der Waals surface area contributed by atoms with E-state index in [0.29, 0.717) is 11.0 Å². The highest BCUT2D eigenvalue weighted by Gasteiger charge is 2.32. The molecule has 1 N–H and O–H groups in total. The lowest BCUT2D eigenvalue weighted by molar-refractivity contribution is 0.0342. The number of anilines is 1. The van der Waals surface area contributed by atoms with E-state index in [4.69, 9.17) is 9.72 Å². The van der Waals surface area contributed by atoms with Crippen molar-refractivity contribution in [2.75, 3.05) is 44.3 Å². The van der Waals surface area contributed by atoms with Crippen LogP contribution >= 0.6 is 0 Å². The number of hydrogen-bond acceptors (Lipinski definition) is 6. The summed E-state index contributed by atoms with van der Waals surface area (Å²) in [5.41, 5.74) is 3.95. The highest BCUT2D eigenvalue weighted by Crippen LogP contribution is 2.33. The van der Waals surface area contributed by atoms with Crippen molar-refractivity contribution in [1.29, 1.82) is 0 Å². The van der Waals surface area contributed by atoms with Gasteiger partial charge in [-0.15, -0.1) is 0 Å². The Kier molecular flexibility index (Phi) is 5.16. The van der Waals surface area contributed by atoms with Gasteiger partial charge in [-0.25, -0.2) is 9.67 Å². The van der Waals surface area contributed by atoms with Crippen molar-refractivity contribution < 1.29 is 4.74 Å². The Morgan fingerprint density at radius 2 is 1.76 bits per heavy atom. The second-order valence-electron chi connectivity index (χ2n) is 8.70. The maximum Gasteiger partial charge on any atom is 0.262 e. The third-order valence-corrected chi connectivity index (χ3v) is 6.56. The molecule has 2 aromatic carbocycles. The number of aromatic nitrogens is 4. The quantitative estimate of drug-likeness (QED) is 0.512. The van der Waals surface area contributed by atoms with E-state index in [9.17, 15) is 4.79 Å². The molecule has 2 aromatic heterocycles. The summed E-state index contributed by atoms with van der Waals surface area (Å²) >= 11 is 0. The molecule has 2 fully saturated rings. The van der Waals surface area contributed by atoms with Gasteiger partial charge in [-0.2, -0.15) is 5.10 Å². The monoisotopic (exact) mass is 442 g/mol. The Labute approximate surface area is 191 Å². The van der Waals surface area contributed by atoms with Gasteiger partial charge in [-0.3, -0.25) is 9.69 Å². The van der Waals surface area contributed by atoms with Crippen LogP contribution in [0.15, 0.2) is 65.6 Å². The van der Waals surface area contributed by atoms with Crippen molar-refractivity contribution in [2.45, 2.75) is 12.5 Å². The Balaban J connectivity index is 1.24. The van der Waals surface area contributed by atoms with Gasteiger partial charge in [0.15, 0.2) is 5.65 Å². The average Bonchev–Trinajstić information content (AvgIpc) is 3.25. The molecule has 2 aliphatic heterocycles. The molecular formula is C25H26N6O2. The third-order valence-electron chi connectivity index (χ3n) is 6.56. The van der Waals surface area contributed by atoms with Crippen molar-refractivity contribution in [3.8, 4) is 5.69 Å². The number of nitrogens with zero attached hydrogens (tertiary/aromatic N) is 5. The second kappa shape index (κ2) is 8.46. The van der Waals surface area contributed by atoms with E-state index >= 15 is 0 Å². The summed E-state index contributed by atoms with van der Waals surface area (Å²) < 4.78 is 7.23. The number of benzene rings is 2. The number of hydrogen-bond donors (Lipinski definition) is 1. The predicted molar refractivity (Wildman–Crippen MR) is 127 cm³/mol. The third kappa shape index (κ3) is 3.81. The average molecular weight is 443 g/mol. The fraction of sp³-hybridized carbons (Fsp3) is 0.320. The summed E-state index contributed by atoms with van der Waals surface area (Å²) in [6, 6.07) is 18.4. The molecule has 8 heteroatoms. The predicted octanol–water partition coefficient (Wildman–Crippen LogP) is 2.54. The molecule has 168 valence electrons. The standard InChI is InChI=1S/C25H26N6O2/c32-25-21-14-26-31(20-7-2-1-3-8-20)24(21)27-23(28-25)19-16-30(17-19)22-9-5-4-6-18(22)15-29-10-12-33-13-11-29/h1-9,14,19H,10-13,15-17H2,(H,27,28,32). The van der Waals surface area contributed by atoms with Crippen LogP contribution in [0, 0.1) is 0 Å². The Bertz CT molecular complexity index is 1320. The van der Waals surface area contributed by atoms with Crippen LogP contribution in [-0.4, -0.2) is 64.0 Å². The lowest BCUT2D eigenvalue weighted by Gasteiger charge is -2.41. The number of morpholine rings is 1. The highest BCUT2D eigenvalue weighted by atomic mass is 16.5. The largest absolute Gasteiger partial charge is 0.379 e. The molecule has 2 aliphatic rings. The first-order chi connectivity index (χ1) is 16.3.